The zero-order chi connectivity index (χ0) is 19.6. The molecule has 0 radical (unpaired) electrons. The number of guanidine groups is 1. The molecule has 2 aliphatic rings. The predicted octanol–water partition coefficient (Wildman–Crippen LogP) is 2.75. The summed E-state index contributed by atoms with van der Waals surface area (Å²) in [7, 11) is 4.11. The van der Waals surface area contributed by atoms with Crippen molar-refractivity contribution in [1.82, 2.24) is 20.0 Å². The molecule has 0 spiro atoms. The van der Waals surface area contributed by atoms with E-state index in [9.17, 15) is 0 Å². The lowest BCUT2D eigenvalue weighted by molar-refractivity contribution is 0.129. The lowest BCUT2D eigenvalue weighted by atomic mass is 10.1. The maximum atomic E-state index is 6.10. The van der Waals surface area contributed by atoms with Crippen LogP contribution in [0.5, 0.6) is 5.75 Å². The standard InChI is InChI=1S/C22H37N5O.HI/c1-23-22(24-12-6-14-26-15-7-13-25(2)18-19-26)27-16-10-21(11-17-27)28-20-8-4-3-5-9-20;/h3-5,8-9,21H,6-7,10-19H2,1-2H3,(H,23,24);1H. The number of para-hydroxylation sites is 1. The topological polar surface area (TPSA) is 43.3 Å². The number of nitrogens with zero attached hydrogens (tertiary/aromatic N) is 4. The second-order valence-corrected chi connectivity index (χ2v) is 7.94. The van der Waals surface area contributed by atoms with Crippen LogP contribution in [0.15, 0.2) is 35.3 Å². The van der Waals surface area contributed by atoms with Crippen LogP contribution in [-0.2, 0) is 0 Å². The normalized spacial score (nSPS) is 20.1. The molecule has 0 atom stereocenters. The molecule has 2 heterocycles. The van der Waals surface area contributed by atoms with Crippen molar-refractivity contribution in [3.8, 4) is 5.75 Å². The van der Waals surface area contributed by atoms with Gasteiger partial charge in [0.1, 0.15) is 11.9 Å². The van der Waals surface area contributed by atoms with E-state index in [1.165, 1.54) is 39.1 Å². The first-order valence-electron chi connectivity index (χ1n) is 10.8. The minimum atomic E-state index is 0. The Morgan fingerprint density at radius 2 is 1.83 bits per heavy atom. The number of hydrogen-bond acceptors (Lipinski definition) is 4. The SMILES string of the molecule is CN=C(NCCCN1CCCN(C)CC1)N1CCC(Oc2ccccc2)CC1.I. The van der Waals surface area contributed by atoms with E-state index < -0.39 is 0 Å². The number of benzene rings is 1. The van der Waals surface area contributed by atoms with Crippen molar-refractivity contribution in [3.63, 3.8) is 0 Å². The average Bonchev–Trinajstić information content (AvgIpc) is 2.94. The molecule has 0 bridgehead atoms. The monoisotopic (exact) mass is 515 g/mol. The summed E-state index contributed by atoms with van der Waals surface area (Å²) in [5.74, 6) is 2.01. The Kier molecular flexibility index (Phi) is 11.1. The van der Waals surface area contributed by atoms with Crippen molar-refractivity contribution < 1.29 is 4.74 Å². The largest absolute Gasteiger partial charge is 0.490 e. The van der Waals surface area contributed by atoms with E-state index in [-0.39, 0.29) is 24.0 Å². The fraction of sp³-hybridized carbons (Fsp3) is 0.682. The number of nitrogens with one attached hydrogen (secondary N) is 1. The second kappa shape index (κ2) is 13.3. The van der Waals surface area contributed by atoms with Crippen LogP contribution in [0, 0.1) is 0 Å². The Balaban J connectivity index is 0.00000300. The summed E-state index contributed by atoms with van der Waals surface area (Å²) < 4.78 is 6.10. The molecule has 1 N–H and O–H groups in total. The van der Waals surface area contributed by atoms with E-state index in [1.807, 2.05) is 37.4 Å². The van der Waals surface area contributed by atoms with Gasteiger partial charge in [-0.05, 0) is 51.7 Å². The molecule has 2 fully saturated rings. The zero-order valence-corrected chi connectivity index (χ0v) is 20.4. The molecule has 29 heavy (non-hydrogen) atoms. The molecule has 1 aromatic rings. The third-order valence-corrected chi connectivity index (χ3v) is 5.75. The number of aliphatic imine (C=N–C) groups is 1. The smallest absolute Gasteiger partial charge is 0.193 e. The molecule has 0 unspecified atom stereocenters. The van der Waals surface area contributed by atoms with Crippen molar-refractivity contribution in [2.75, 3.05) is 66.5 Å². The number of likely N-dealkylation sites (tertiary alicyclic amines) is 1. The predicted molar refractivity (Wildman–Crippen MR) is 132 cm³/mol. The molecule has 0 aliphatic carbocycles. The van der Waals surface area contributed by atoms with Crippen molar-refractivity contribution in [3.05, 3.63) is 30.3 Å². The summed E-state index contributed by atoms with van der Waals surface area (Å²) in [6, 6.07) is 10.2. The molecule has 2 saturated heterocycles. The Morgan fingerprint density at radius 1 is 1.07 bits per heavy atom. The number of ether oxygens (including phenoxy) is 1. The highest BCUT2D eigenvalue weighted by molar-refractivity contribution is 14.0. The highest BCUT2D eigenvalue weighted by atomic mass is 127. The molecule has 164 valence electrons. The first-order valence-corrected chi connectivity index (χ1v) is 10.8. The maximum absolute atomic E-state index is 6.10. The Bertz CT molecular complexity index is 592. The van der Waals surface area contributed by atoms with Crippen LogP contribution in [-0.4, -0.2) is 93.2 Å². The number of piperidine rings is 1. The highest BCUT2D eigenvalue weighted by Gasteiger charge is 2.22. The minimum Gasteiger partial charge on any atom is -0.490 e. The van der Waals surface area contributed by atoms with E-state index in [1.54, 1.807) is 0 Å². The number of halogens is 1. The van der Waals surface area contributed by atoms with Crippen LogP contribution in [0.25, 0.3) is 0 Å². The van der Waals surface area contributed by atoms with Gasteiger partial charge in [-0.1, -0.05) is 18.2 Å². The van der Waals surface area contributed by atoms with Crippen molar-refractivity contribution in [2.24, 2.45) is 4.99 Å². The Labute approximate surface area is 193 Å². The van der Waals surface area contributed by atoms with E-state index in [2.05, 4.69) is 32.1 Å². The van der Waals surface area contributed by atoms with Crippen LogP contribution >= 0.6 is 24.0 Å². The lowest BCUT2D eigenvalue weighted by Crippen LogP contribution is -2.48. The summed E-state index contributed by atoms with van der Waals surface area (Å²) in [4.78, 5) is 11.9. The maximum Gasteiger partial charge on any atom is 0.193 e. The van der Waals surface area contributed by atoms with Gasteiger partial charge in [0.05, 0.1) is 0 Å². The third kappa shape index (κ3) is 8.30. The molecule has 0 amide bonds. The quantitative estimate of drug-likeness (QED) is 0.273. The second-order valence-electron chi connectivity index (χ2n) is 7.94. The van der Waals surface area contributed by atoms with Crippen LogP contribution in [0.1, 0.15) is 25.7 Å². The van der Waals surface area contributed by atoms with Crippen LogP contribution in [0.3, 0.4) is 0 Å². The molecular weight excluding hydrogens is 477 g/mol. The first-order chi connectivity index (χ1) is 13.7. The van der Waals surface area contributed by atoms with Gasteiger partial charge in [0.2, 0.25) is 0 Å². The Morgan fingerprint density at radius 3 is 2.55 bits per heavy atom. The fourth-order valence-electron chi connectivity index (χ4n) is 4.04. The number of rotatable bonds is 6. The summed E-state index contributed by atoms with van der Waals surface area (Å²) in [5, 5.41) is 3.57. The molecule has 0 aromatic heterocycles. The molecule has 3 rings (SSSR count). The van der Waals surface area contributed by atoms with Gasteiger partial charge >= 0.3 is 0 Å². The van der Waals surface area contributed by atoms with Gasteiger partial charge in [-0.3, -0.25) is 4.99 Å². The van der Waals surface area contributed by atoms with Gasteiger partial charge in [-0.25, -0.2) is 0 Å². The van der Waals surface area contributed by atoms with E-state index in [4.69, 9.17) is 4.74 Å². The van der Waals surface area contributed by atoms with Crippen molar-refractivity contribution in [2.45, 2.75) is 31.8 Å². The molecule has 7 heteroatoms. The van der Waals surface area contributed by atoms with Gasteiger partial charge in [0.25, 0.3) is 0 Å². The summed E-state index contributed by atoms with van der Waals surface area (Å²) >= 11 is 0. The summed E-state index contributed by atoms with van der Waals surface area (Å²) in [6.07, 6.45) is 4.83. The lowest BCUT2D eigenvalue weighted by Gasteiger charge is -2.34. The molecule has 6 nitrogen and oxygen atoms in total. The zero-order valence-electron chi connectivity index (χ0n) is 18.1. The van der Waals surface area contributed by atoms with Gasteiger partial charge < -0.3 is 24.8 Å². The van der Waals surface area contributed by atoms with Gasteiger partial charge in [-0.2, -0.15) is 0 Å². The highest BCUT2D eigenvalue weighted by Crippen LogP contribution is 2.18. The molecule has 1 aromatic carbocycles. The first kappa shape index (κ1) is 24.2. The summed E-state index contributed by atoms with van der Waals surface area (Å²) in [5.41, 5.74) is 0. The molecule has 0 saturated carbocycles. The minimum absolute atomic E-state index is 0. The number of likely N-dealkylation sites (N-methyl/N-ethyl adjacent to an activating group) is 1. The van der Waals surface area contributed by atoms with Crippen LogP contribution in [0.4, 0.5) is 0 Å². The summed E-state index contributed by atoms with van der Waals surface area (Å²) in [6.45, 7) is 8.99. The van der Waals surface area contributed by atoms with E-state index in [0.717, 1.165) is 50.6 Å². The van der Waals surface area contributed by atoms with Gasteiger partial charge in [0, 0.05) is 52.6 Å². The fourth-order valence-corrected chi connectivity index (χ4v) is 4.04. The van der Waals surface area contributed by atoms with Crippen LogP contribution < -0.4 is 10.1 Å². The van der Waals surface area contributed by atoms with Gasteiger partial charge in [0.15, 0.2) is 5.96 Å². The van der Waals surface area contributed by atoms with E-state index in [0.29, 0.717) is 6.10 Å². The van der Waals surface area contributed by atoms with E-state index >= 15 is 0 Å². The third-order valence-electron chi connectivity index (χ3n) is 5.75. The Hall–Kier alpha value is -1.06. The van der Waals surface area contributed by atoms with Crippen molar-refractivity contribution in [1.29, 1.82) is 0 Å². The molecular formula is C22H38IN5O. The van der Waals surface area contributed by atoms with Crippen molar-refractivity contribution >= 4 is 29.9 Å². The van der Waals surface area contributed by atoms with Crippen LogP contribution in [0.2, 0.25) is 0 Å². The molecule has 2 aliphatic heterocycles. The number of hydrogen-bond donors (Lipinski definition) is 1. The van der Waals surface area contributed by atoms with Gasteiger partial charge in [-0.15, -0.1) is 24.0 Å². The average molecular weight is 515 g/mol.